The number of hydrogen-bond acceptors (Lipinski definition) is 4. The van der Waals surface area contributed by atoms with E-state index in [0.29, 0.717) is 12.1 Å². The van der Waals surface area contributed by atoms with Crippen molar-refractivity contribution in [1.82, 2.24) is 19.9 Å². The van der Waals surface area contributed by atoms with Gasteiger partial charge in [-0.3, -0.25) is 4.79 Å². The number of anilines is 1. The summed E-state index contributed by atoms with van der Waals surface area (Å²) in [7, 11) is 0. The third kappa shape index (κ3) is 3.46. The number of benzene rings is 1. The topological polar surface area (TPSA) is 62.5 Å². The van der Waals surface area contributed by atoms with E-state index in [1.807, 2.05) is 41.0 Å². The summed E-state index contributed by atoms with van der Waals surface area (Å²) in [5.41, 5.74) is 3.36. The molecule has 0 unspecified atom stereocenters. The second-order valence-corrected chi connectivity index (χ2v) is 7.89. The molecule has 1 fully saturated rings. The maximum atomic E-state index is 12.5. The molecular weight excluding hydrogens is 350 g/mol. The van der Waals surface area contributed by atoms with Gasteiger partial charge < -0.3 is 10.2 Å². The van der Waals surface area contributed by atoms with Crippen molar-refractivity contribution in [2.75, 3.05) is 24.5 Å². The summed E-state index contributed by atoms with van der Waals surface area (Å²) in [5.74, 6) is 1.80. The summed E-state index contributed by atoms with van der Waals surface area (Å²) in [6, 6.07) is 11.8. The smallest absolute Gasteiger partial charge is 0.251 e. The lowest BCUT2D eigenvalue weighted by atomic mass is 10.1. The first-order valence-electron chi connectivity index (χ1n) is 10.3. The molecule has 0 atom stereocenters. The van der Waals surface area contributed by atoms with Crippen LogP contribution in [0.5, 0.6) is 0 Å². The molecule has 0 saturated heterocycles. The fourth-order valence-electron chi connectivity index (χ4n) is 3.87. The minimum atomic E-state index is -0.0189. The van der Waals surface area contributed by atoms with Gasteiger partial charge in [0, 0.05) is 30.8 Å². The van der Waals surface area contributed by atoms with Crippen LogP contribution in [0.15, 0.2) is 42.6 Å². The van der Waals surface area contributed by atoms with Crippen LogP contribution in [-0.4, -0.2) is 40.1 Å². The Morgan fingerprint density at radius 2 is 1.96 bits per heavy atom. The lowest BCUT2D eigenvalue weighted by Gasteiger charge is -2.23. The standard InChI is InChI=1S/C22H25N5O/c28-22-18-6-4-5-17(13-18)19-14-24-20-9-10-21(25-27(19)20)26(15-16-7-8-16)12-3-1-2-11-23-22/h4-6,9-10,13-14,16H,1-3,7-8,11-12,15H2,(H,23,28). The first kappa shape index (κ1) is 17.2. The first-order chi connectivity index (χ1) is 13.8. The highest BCUT2D eigenvalue weighted by atomic mass is 16.1. The number of fused-ring (bicyclic) bond motifs is 4. The van der Waals surface area contributed by atoms with E-state index >= 15 is 0 Å². The summed E-state index contributed by atoms with van der Waals surface area (Å²) < 4.78 is 1.91. The van der Waals surface area contributed by atoms with Crippen molar-refractivity contribution in [3.05, 3.63) is 48.2 Å². The first-order valence-corrected chi connectivity index (χ1v) is 10.3. The van der Waals surface area contributed by atoms with Gasteiger partial charge in [-0.05, 0) is 62.3 Å². The largest absolute Gasteiger partial charge is 0.355 e. The van der Waals surface area contributed by atoms with Gasteiger partial charge in [-0.2, -0.15) is 0 Å². The van der Waals surface area contributed by atoms with Crippen molar-refractivity contribution < 1.29 is 4.79 Å². The molecule has 5 rings (SSSR count). The molecule has 6 nitrogen and oxygen atoms in total. The van der Waals surface area contributed by atoms with Crippen molar-refractivity contribution in [3.8, 4) is 11.3 Å². The highest BCUT2D eigenvalue weighted by molar-refractivity contribution is 5.95. The van der Waals surface area contributed by atoms with E-state index in [9.17, 15) is 4.79 Å². The summed E-state index contributed by atoms with van der Waals surface area (Å²) in [4.78, 5) is 19.4. The van der Waals surface area contributed by atoms with Crippen LogP contribution in [0.2, 0.25) is 0 Å². The van der Waals surface area contributed by atoms with E-state index < -0.39 is 0 Å². The van der Waals surface area contributed by atoms with Gasteiger partial charge in [-0.25, -0.2) is 9.50 Å². The maximum absolute atomic E-state index is 12.5. The summed E-state index contributed by atoms with van der Waals surface area (Å²) in [6.07, 6.45) is 7.69. The SMILES string of the molecule is O=C1NCCCCCN(CC2CC2)c2ccc3ncc(n3n2)-c2cccc1c2. The molecule has 6 heteroatoms. The Kier molecular flexibility index (Phi) is 4.47. The Balaban J connectivity index is 1.59. The summed E-state index contributed by atoms with van der Waals surface area (Å²) in [6.45, 7) is 2.80. The second-order valence-electron chi connectivity index (χ2n) is 7.89. The molecule has 1 N–H and O–H groups in total. The third-order valence-electron chi connectivity index (χ3n) is 5.66. The van der Waals surface area contributed by atoms with E-state index in [0.717, 1.165) is 61.0 Å². The zero-order valence-electron chi connectivity index (χ0n) is 16.0. The molecule has 1 aromatic carbocycles. The molecular formula is C22H25N5O. The van der Waals surface area contributed by atoms with Gasteiger partial charge in [0.1, 0.15) is 5.82 Å². The molecule has 2 aliphatic rings. The van der Waals surface area contributed by atoms with Crippen LogP contribution >= 0.6 is 0 Å². The minimum Gasteiger partial charge on any atom is -0.355 e. The van der Waals surface area contributed by atoms with Crippen LogP contribution < -0.4 is 10.2 Å². The minimum absolute atomic E-state index is 0.0189. The second kappa shape index (κ2) is 7.26. The molecule has 0 spiro atoms. The van der Waals surface area contributed by atoms with Crippen molar-refractivity contribution in [2.45, 2.75) is 32.1 Å². The predicted molar refractivity (Wildman–Crippen MR) is 110 cm³/mol. The third-order valence-corrected chi connectivity index (χ3v) is 5.66. The Morgan fingerprint density at radius 3 is 2.86 bits per heavy atom. The molecule has 4 bridgehead atoms. The number of rotatable bonds is 2. The maximum Gasteiger partial charge on any atom is 0.251 e. The van der Waals surface area contributed by atoms with Gasteiger partial charge in [0.25, 0.3) is 5.91 Å². The highest BCUT2D eigenvalue weighted by Gasteiger charge is 2.25. The van der Waals surface area contributed by atoms with Crippen LogP contribution in [0.3, 0.4) is 0 Å². The van der Waals surface area contributed by atoms with Crippen LogP contribution in [0.25, 0.3) is 16.9 Å². The van der Waals surface area contributed by atoms with Gasteiger partial charge in [0.15, 0.2) is 5.65 Å². The highest BCUT2D eigenvalue weighted by Crippen LogP contribution is 2.31. The van der Waals surface area contributed by atoms with Crippen LogP contribution in [0.4, 0.5) is 5.82 Å². The number of amides is 1. The van der Waals surface area contributed by atoms with Crippen molar-refractivity contribution >= 4 is 17.4 Å². The molecule has 28 heavy (non-hydrogen) atoms. The van der Waals surface area contributed by atoms with Crippen molar-refractivity contribution in [1.29, 1.82) is 0 Å². The zero-order chi connectivity index (χ0) is 18.9. The number of nitrogens with one attached hydrogen (secondary N) is 1. The number of imidazole rings is 1. The van der Waals surface area contributed by atoms with E-state index in [4.69, 9.17) is 5.10 Å². The lowest BCUT2D eigenvalue weighted by Crippen LogP contribution is -2.28. The van der Waals surface area contributed by atoms with Gasteiger partial charge in [0.2, 0.25) is 0 Å². The molecule has 1 aliphatic heterocycles. The van der Waals surface area contributed by atoms with Crippen molar-refractivity contribution in [2.24, 2.45) is 5.92 Å². The van der Waals surface area contributed by atoms with E-state index in [1.54, 1.807) is 0 Å². The predicted octanol–water partition coefficient (Wildman–Crippen LogP) is 3.53. The number of aromatic nitrogens is 3. The summed E-state index contributed by atoms with van der Waals surface area (Å²) >= 11 is 0. The number of carbonyl (C=O) groups is 1. The van der Waals surface area contributed by atoms with Gasteiger partial charge in [-0.1, -0.05) is 12.1 Å². The number of hydrogen-bond donors (Lipinski definition) is 1. The molecule has 3 heterocycles. The zero-order valence-corrected chi connectivity index (χ0v) is 16.0. The molecule has 1 aliphatic carbocycles. The Hall–Kier alpha value is -2.89. The Bertz CT molecular complexity index is 1010. The van der Waals surface area contributed by atoms with Crippen molar-refractivity contribution in [3.63, 3.8) is 0 Å². The van der Waals surface area contributed by atoms with Crippen LogP contribution in [0.1, 0.15) is 42.5 Å². The number of nitrogens with zero attached hydrogens (tertiary/aromatic N) is 4. The number of carbonyl (C=O) groups excluding carboxylic acids is 1. The molecule has 0 radical (unpaired) electrons. The summed E-state index contributed by atoms with van der Waals surface area (Å²) in [5, 5.41) is 7.99. The van der Waals surface area contributed by atoms with Gasteiger partial charge in [0.05, 0.1) is 11.9 Å². The average molecular weight is 375 g/mol. The van der Waals surface area contributed by atoms with Crippen LogP contribution in [0, 0.1) is 5.92 Å². The van der Waals surface area contributed by atoms with Gasteiger partial charge >= 0.3 is 0 Å². The quantitative estimate of drug-likeness (QED) is 0.744. The Labute approximate surface area is 164 Å². The van der Waals surface area contributed by atoms with E-state index in [-0.39, 0.29) is 5.91 Å². The lowest BCUT2D eigenvalue weighted by molar-refractivity contribution is 0.0953. The average Bonchev–Trinajstić information content (AvgIpc) is 3.44. The fraction of sp³-hybridized carbons (Fsp3) is 0.409. The molecule has 3 aromatic rings. The monoisotopic (exact) mass is 375 g/mol. The van der Waals surface area contributed by atoms with E-state index in [2.05, 4.69) is 21.3 Å². The van der Waals surface area contributed by atoms with Gasteiger partial charge in [-0.15, -0.1) is 5.10 Å². The fourth-order valence-corrected chi connectivity index (χ4v) is 3.87. The molecule has 1 saturated carbocycles. The Morgan fingerprint density at radius 1 is 1.07 bits per heavy atom. The molecule has 1 amide bonds. The van der Waals surface area contributed by atoms with E-state index in [1.165, 1.54) is 12.8 Å². The molecule has 2 aromatic heterocycles. The van der Waals surface area contributed by atoms with Crippen LogP contribution in [-0.2, 0) is 0 Å². The molecule has 144 valence electrons. The normalized spacial score (nSPS) is 18.0.